The van der Waals surface area contributed by atoms with Gasteiger partial charge in [-0.1, -0.05) is 130 Å². The topological polar surface area (TPSA) is 3.88 Å². The van der Waals surface area contributed by atoms with E-state index in [1.54, 1.807) is 11.1 Å². The van der Waals surface area contributed by atoms with Gasteiger partial charge in [0.25, 0.3) is 0 Å². The molecule has 0 aliphatic carbocycles. The summed E-state index contributed by atoms with van der Waals surface area (Å²) in [5, 5.41) is 0. The molecule has 0 bridgehead atoms. The second-order valence-electron chi connectivity index (χ2n) is 10.7. The maximum atomic E-state index is 2.54. The van der Waals surface area contributed by atoms with Gasteiger partial charge in [0.2, 0.25) is 0 Å². The van der Waals surface area contributed by atoms with Crippen molar-refractivity contribution in [2.45, 2.75) is 175 Å². The lowest BCUT2D eigenvalue weighted by Gasteiger charge is -2.07. The van der Waals surface area contributed by atoms with E-state index >= 15 is 0 Å². The highest BCUT2D eigenvalue weighted by Crippen LogP contribution is 2.14. The Balaban J connectivity index is 2.44. The van der Waals surface area contributed by atoms with Crippen LogP contribution in [0.2, 0.25) is 0 Å². The molecule has 0 amide bonds. The molecule has 0 radical (unpaired) electrons. The van der Waals surface area contributed by atoms with Crippen molar-refractivity contribution >= 4 is 0 Å². The molecular formula is C32H60N+. The summed E-state index contributed by atoms with van der Waals surface area (Å²) in [4.78, 5) is 0. The Morgan fingerprint density at radius 3 is 1.15 bits per heavy atom. The Kier molecular flexibility index (Phi) is 21.0. The predicted molar refractivity (Wildman–Crippen MR) is 148 cm³/mol. The van der Waals surface area contributed by atoms with Crippen molar-refractivity contribution in [2.24, 2.45) is 0 Å². The molecular weight excluding hydrogens is 398 g/mol. The quantitative estimate of drug-likeness (QED) is 0.107. The molecule has 33 heavy (non-hydrogen) atoms. The standard InChI is InChI=1S/C32H60N/c1-4-7-10-13-16-19-22-25-31-28-32(26-23-20-17-14-11-8-5-2)30-33(29-31)27-24-21-18-15-12-9-6-3/h28-30H,4-27H2,1-3H3/q+1. The number of aromatic nitrogens is 1. The van der Waals surface area contributed by atoms with E-state index in [4.69, 9.17) is 0 Å². The molecule has 0 atom stereocenters. The van der Waals surface area contributed by atoms with Crippen molar-refractivity contribution in [3.8, 4) is 0 Å². The van der Waals surface area contributed by atoms with Crippen LogP contribution in [0, 0.1) is 0 Å². The minimum atomic E-state index is 1.21. The Hall–Kier alpha value is -0.850. The van der Waals surface area contributed by atoms with Gasteiger partial charge in [-0.25, -0.2) is 4.57 Å². The predicted octanol–water partition coefficient (Wildman–Crippen LogP) is 10.3. The zero-order valence-electron chi connectivity index (χ0n) is 23.1. The van der Waals surface area contributed by atoms with Gasteiger partial charge in [0.05, 0.1) is 0 Å². The molecule has 192 valence electrons. The lowest BCUT2D eigenvalue weighted by Crippen LogP contribution is -2.34. The monoisotopic (exact) mass is 458 g/mol. The van der Waals surface area contributed by atoms with Gasteiger partial charge in [0.1, 0.15) is 6.54 Å². The summed E-state index contributed by atoms with van der Waals surface area (Å²) >= 11 is 0. The molecule has 1 heterocycles. The van der Waals surface area contributed by atoms with Crippen LogP contribution >= 0.6 is 0 Å². The molecule has 1 nitrogen and oxygen atoms in total. The zero-order valence-corrected chi connectivity index (χ0v) is 23.1. The molecule has 0 aliphatic heterocycles. The highest BCUT2D eigenvalue weighted by atomic mass is 14.9. The fraction of sp³-hybridized carbons (Fsp3) is 0.844. The van der Waals surface area contributed by atoms with Gasteiger partial charge < -0.3 is 0 Å². The van der Waals surface area contributed by atoms with E-state index in [-0.39, 0.29) is 0 Å². The highest BCUT2D eigenvalue weighted by molar-refractivity contribution is 5.15. The van der Waals surface area contributed by atoms with E-state index in [1.165, 1.54) is 154 Å². The van der Waals surface area contributed by atoms with Crippen molar-refractivity contribution < 1.29 is 4.57 Å². The SMILES string of the molecule is CCCCCCCCCc1cc(CCCCCCCCC)c[n+](CCCCCCCCC)c1. The van der Waals surface area contributed by atoms with Crippen LogP contribution in [0.15, 0.2) is 18.5 Å². The molecule has 1 heteroatoms. The zero-order chi connectivity index (χ0) is 23.8. The number of pyridine rings is 1. The van der Waals surface area contributed by atoms with Crippen LogP contribution in [0.4, 0.5) is 0 Å². The number of unbranched alkanes of at least 4 members (excludes halogenated alkanes) is 18. The average molecular weight is 459 g/mol. The van der Waals surface area contributed by atoms with Crippen LogP contribution < -0.4 is 4.57 Å². The van der Waals surface area contributed by atoms with E-state index < -0.39 is 0 Å². The van der Waals surface area contributed by atoms with E-state index in [1.807, 2.05) is 0 Å². The molecule has 0 aromatic carbocycles. The van der Waals surface area contributed by atoms with Crippen LogP contribution in [0.25, 0.3) is 0 Å². The molecule has 0 fully saturated rings. The minimum absolute atomic E-state index is 1.21. The lowest BCUT2D eigenvalue weighted by molar-refractivity contribution is -0.698. The molecule has 1 aromatic heterocycles. The average Bonchev–Trinajstić information content (AvgIpc) is 2.82. The molecule has 1 aromatic rings. The van der Waals surface area contributed by atoms with Crippen LogP contribution in [-0.4, -0.2) is 0 Å². The van der Waals surface area contributed by atoms with Crippen molar-refractivity contribution in [3.63, 3.8) is 0 Å². The summed E-state index contributed by atoms with van der Waals surface area (Å²) in [6, 6.07) is 2.54. The van der Waals surface area contributed by atoms with E-state index in [0.29, 0.717) is 0 Å². The fourth-order valence-electron chi connectivity index (χ4n) is 5.00. The van der Waals surface area contributed by atoms with Crippen molar-refractivity contribution in [3.05, 3.63) is 29.6 Å². The van der Waals surface area contributed by atoms with E-state index in [0.717, 1.165) is 0 Å². The van der Waals surface area contributed by atoms with Crippen molar-refractivity contribution in [2.75, 3.05) is 0 Å². The summed E-state index contributed by atoms with van der Waals surface area (Å²) in [6.07, 6.45) is 36.9. The molecule has 0 saturated heterocycles. The molecule has 0 spiro atoms. The first-order valence-electron chi connectivity index (χ1n) is 15.3. The fourth-order valence-corrected chi connectivity index (χ4v) is 5.00. The van der Waals surface area contributed by atoms with Crippen molar-refractivity contribution in [1.82, 2.24) is 0 Å². The Bertz CT molecular complexity index is 447. The van der Waals surface area contributed by atoms with Crippen LogP contribution in [0.5, 0.6) is 0 Å². The Morgan fingerprint density at radius 2 is 0.758 bits per heavy atom. The summed E-state index contributed by atoms with van der Waals surface area (Å²) in [5.74, 6) is 0. The van der Waals surface area contributed by atoms with Gasteiger partial charge in [-0.2, -0.15) is 0 Å². The number of hydrogen-bond donors (Lipinski definition) is 0. The maximum Gasteiger partial charge on any atom is 0.171 e. The van der Waals surface area contributed by atoms with E-state index in [2.05, 4.69) is 43.8 Å². The number of aryl methyl sites for hydroxylation is 3. The first kappa shape index (κ1) is 30.2. The largest absolute Gasteiger partial charge is 0.205 e. The van der Waals surface area contributed by atoms with E-state index in [9.17, 15) is 0 Å². The van der Waals surface area contributed by atoms with Gasteiger partial charge in [-0.3, -0.25) is 0 Å². The highest BCUT2D eigenvalue weighted by Gasteiger charge is 2.08. The number of nitrogens with zero attached hydrogens (tertiary/aromatic N) is 1. The third-order valence-electron chi connectivity index (χ3n) is 7.19. The first-order valence-corrected chi connectivity index (χ1v) is 15.3. The molecule has 1 rings (SSSR count). The third-order valence-corrected chi connectivity index (χ3v) is 7.19. The summed E-state index contributed by atoms with van der Waals surface area (Å²) < 4.78 is 2.54. The smallest absolute Gasteiger partial charge is 0.171 e. The molecule has 0 unspecified atom stereocenters. The molecule has 0 N–H and O–H groups in total. The van der Waals surface area contributed by atoms with Crippen LogP contribution in [-0.2, 0) is 19.4 Å². The summed E-state index contributed by atoms with van der Waals surface area (Å²) in [6.45, 7) is 8.13. The third kappa shape index (κ3) is 18.2. The second kappa shape index (κ2) is 22.9. The van der Waals surface area contributed by atoms with Gasteiger partial charge in [-0.05, 0) is 38.2 Å². The summed E-state index contributed by atoms with van der Waals surface area (Å²) in [5.41, 5.74) is 3.18. The van der Waals surface area contributed by atoms with Gasteiger partial charge in [0, 0.05) is 17.5 Å². The Morgan fingerprint density at radius 1 is 0.424 bits per heavy atom. The van der Waals surface area contributed by atoms with Gasteiger partial charge >= 0.3 is 0 Å². The minimum Gasteiger partial charge on any atom is -0.205 e. The molecule has 0 aliphatic rings. The van der Waals surface area contributed by atoms with Gasteiger partial charge in [0.15, 0.2) is 12.4 Å². The maximum absolute atomic E-state index is 2.54. The summed E-state index contributed by atoms with van der Waals surface area (Å²) in [7, 11) is 0. The number of rotatable bonds is 24. The van der Waals surface area contributed by atoms with Crippen molar-refractivity contribution in [1.29, 1.82) is 0 Å². The van der Waals surface area contributed by atoms with Crippen LogP contribution in [0.3, 0.4) is 0 Å². The first-order chi connectivity index (χ1) is 16.3. The van der Waals surface area contributed by atoms with Gasteiger partial charge in [-0.15, -0.1) is 0 Å². The lowest BCUT2D eigenvalue weighted by atomic mass is 10.0. The second-order valence-corrected chi connectivity index (χ2v) is 10.7. The number of hydrogen-bond acceptors (Lipinski definition) is 0. The van der Waals surface area contributed by atoms with Crippen LogP contribution in [0.1, 0.15) is 167 Å². The Labute approximate surface area is 209 Å². The normalized spacial score (nSPS) is 11.4. The molecule has 0 saturated carbocycles.